The van der Waals surface area contributed by atoms with Gasteiger partial charge in [0.05, 0.1) is 6.04 Å². The highest BCUT2D eigenvalue weighted by atomic mass is 16.2. The molecule has 24 heavy (non-hydrogen) atoms. The van der Waals surface area contributed by atoms with Crippen LogP contribution in [-0.2, 0) is 0 Å². The number of amides is 1. The van der Waals surface area contributed by atoms with Gasteiger partial charge in [-0.2, -0.15) is 5.10 Å². The maximum Gasteiger partial charge on any atom is 0.274 e. The van der Waals surface area contributed by atoms with E-state index < -0.39 is 0 Å². The summed E-state index contributed by atoms with van der Waals surface area (Å²) in [6.45, 7) is 7.11. The molecule has 0 radical (unpaired) electrons. The number of nitrogens with zero attached hydrogens (tertiary/aromatic N) is 2. The molecule has 4 heteroatoms. The van der Waals surface area contributed by atoms with Crippen LogP contribution in [0.3, 0.4) is 0 Å². The van der Waals surface area contributed by atoms with E-state index in [1.54, 1.807) is 0 Å². The Bertz CT molecular complexity index is 704. The Kier molecular flexibility index (Phi) is 5.03. The lowest BCUT2D eigenvalue weighted by atomic mass is 9.99. The molecular formula is C20H27N3O. The summed E-state index contributed by atoms with van der Waals surface area (Å²) in [5, 5.41) is 7.28. The SMILES string of the molecule is Cc1cccc([C@H]2CCCCCN2C(=O)c2cc(C(C)C)[nH]n2)c1. The lowest BCUT2D eigenvalue weighted by Gasteiger charge is -2.30. The molecule has 0 spiro atoms. The van der Waals surface area contributed by atoms with Crippen molar-refractivity contribution in [2.24, 2.45) is 0 Å². The fraction of sp³-hybridized carbons (Fsp3) is 0.500. The van der Waals surface area contributed by atoms with Crippen LogP contribution in [0.4, 0.5) is 0 Å². The van der Waals surface area contributed by atoms with Gasteiger partial charge >= 0.3 is 0 Å². The van der Waals surface area contributed by atoms with E-state index in [9.17, 15) is 4.79 Å². The predicted molar refractivity (Wildman–Crippen MR) is 96.1 cm³/mol. The summed E-state index contributed by atoms with van der Waals surface area (Å²) in [7, 11) is 0. The van der Waals surface area contributed by atoms with Crippen molar-refractivity contribution in [1.29, 1.82) is 0 Å². The van der Waals surface area contributed by atoms with Gasteiger partial charge < -0.3 is 4.90 Å². The zero-order valence-electron chi connectivity index (χ0n) is 14.9. The van der Waals surface area contributed by atoms with E-state index in [-0.39, 0.29) is 11.9 Å². The molecule has 3 rings (SSSR count). The summed E-state index contributed by atoms with van der Waals surface area (Å²) in [4.78, 5) is 15.1. The van der Waals surface area contributed by atoms with Crippen LogP contribution in [0.2, 0.25) is 0 Å². The smallest absolute Gasteiger partial charge is 0.274 e. The van der Waals surface area contributed by atoms with Crippen molar-refractivity contribution in [2.45, 2.75) is 58.4 Å². The third kappa shape index (κ3) is 3.53. The number of hydrogen-bond donors (Lipinski definition) is 1. The number of rotatable bonds is 3. The first-order valence-electron chi connectivity index (χ1n) is 8.99. The fourth-order valence-corrected chi connectivity index (χ4v) is 3.46. The van der Waals surface area contributed by atoms with Gasteiger partial charge in [0.25, 0.3) is 5.91 Å². The monoisotopic (exact) mass is 325 g/mol. The van der Waals surface area contributed by atoms with Gasteiger partial charge in [-0.05, 0) is 37.3 Å². The molecule has 1 aromatic carbocycles. The molecule has 1 fully saturated rings. The van der Waals surface area contributed by atoms with Crippen molar-refractivity contribution in [3.8, 4) is 0 Å². The maximum atomic E-state index is 13.1. The molecule has 1 aliphatic rings. The van der Waals surface area contributed by atoms with Gasteiger partial charge in [0.2, 0.25) is 0 Å². The molecule has 1 saturated heterocycles. The van der Waals surface area contributed by atoms with Crippen LogP contribution >= 0.6 is 0 Å². The Balaban J connectivity index is 1.90. The summed E-state index contributed by atoms with van der Waals surface area (Å²) in [6, 6.07) is 10.6. The van der Waals surface area contributed by atoms with E-state index in [1.807, 2.05) is 11.0 Å². The van der Waals surface area contributed by atoms with Gasteiger partial charge in [0.15, 0.2) is 0 Å². The quantitative estimate of drug-likeness (QED) is 0.896. The van der Waals surface area contributed by atoms with Gasteiger partial charge in [0.1, 0.15) is 5.69 Å². The highest BCUT2D eigenvalue weighted by Gasteiger charge is 2.29. The van der Waals surface area contributed by atoms with Crippen LogP contribution in [0.15, 0.2) is 30.3 Å². The summed E-state index contributed by atoms with van der Waals surface area (Å²) in [5.41, 5.74) is 4.04. The molecule has 2 aromatic rings. The number of benzene rings is 1. The van der Waals surface area contributed by atoms with Crippen LogP contribution in [0.25, 0.3) is 0 Å². The largest absolute Gasteiger partial charge is 0.330 e. The van der Waals surface area contributed by atoms with Crippen molar-refractivity contribution < 1.29 is 4.79 Å². The number of carbonyl (C=O) groups is 1. The molecule has 1 aromatic heterocycles. The van der Waals surface area contributed by atoms with Crippen LogP contribution in [0.1, 0.15) is 78.8 Å². The Hall–Kier alpha value is -2.10. The maximum absolute atomic E-state index is 13.1. The molecule has 1 N–H and O–H groups in total. The first-order chi connectivity index (χ1) is 11.6. The summed E-state index contributed by atoms with van der Waals surface area (Å²) >= 11 is 0. The number of aromatic amines is 1. The van der Waals surface area contributed by atoms with E-state index in [0.29, 0.717) is 11.6 Å². The number of likely N-dealkylation sites (tertiary alicyclic amines) is 1. The van der Waals surface area contributed by atoms with Crippen LogP contribution in [0.5, 0.6) is 0 Å². The average molecular weight is 325 g/mol. The molecule has 1 atom stereocenters. The number of carbonyl (C=O) groups excluding carboxylic acids is 1. The van der Waals surface area contributed by atoms with Crippen LogP contribution in [0, 0.1) is 6.92 Å². The molecule has 128 valence electrons. The second-order valence-corrected chi connectivity index (χ2v) is 7.14. The molecule has 0 unspecified atom stereocenters. The highest BCUT2D eigenvalue weighted by Crippen LogP contribution is 2.31. The second kappa shape index (κ2) is 7.20. The predicted octanol–water partition coefficient (Wildman–Crippen LogP) is 4.60. The number of hydrogen-bond acceptors (Lipinski definition) is 2. The Morgan fingerprint density at radius 1 is 1.25 bits per heavy atom. The van der Waals surface area contributed by atoms with Gasteiger partial charge in [0, 0.05) is 12.2 Å². The van der Waals surface area contributed by atoms with Crippen LogP contribution < -0.4 is 0 Å². The molecule has 1 amide bonds. The zero-order valence-corrected chi connectivity index (χ0v) is 14.9. The molecule has 0 saturated carbocycles. The number of H-pyrrole nitrogens is 1. The van der Waals surface area contributed by atoms with Gasteiger partial charge in [-0.3, -0.25) is 9.89 Å². The summed E-state index contributed by atoms with van der Waals surface area (Å²) in [5.74, 6) is 0.391. The topological polar surface area (TPSA) is 49.0 Å². The molecule has 2 heterocycles. The van der Waals surface area contributed by atoms with Crippen molar-refractivity contribution in [2.75, 3.05) is 6.54 Å². The van der Waals surface area contributed by atoms with Crippen molar-refractivity contribution >= 4 is 5.91 Å². The standard InChI is InChI=1S/C20H27N3O/c1-14(2)17-13-18(22-21-17)20(24)23-11-6-4-5-10-19(23)16-9-7-8-15(3)12-16/h7-9,12-14,19H,4-6,10-11H2,1-3H3,(H,21,22)/t19-/m1/s1. The molecular weight excluding hydrogens is 298 g/mol. The summed E-state index contributed by atoms with van der Waals surface area (Å²) in [6.07, 6.45) is 4.44. The fourth-order valence-electron chi connectivity index (χ4n) is 3.46. The van der Waals surface area contributed by atoms with Gasteiger partial charge in [-0.15, -0.1) is 0 Å². The van der Waals surface area contributed by atoms with E-state index >= 15 is 0 Å². The molecule has 0 bridgehead atoms. The molecule has 4 nitrogen and oxygen atoms in total. The first kappa shape index (κ1) is 16.7. The third-order valence-corrected chi connectivity index (χ3v) is 4.88. The lowest BCUT2D eigenvalue weighted by Crippen LogP contribution is -2.35. The first-order valence-corrected chi connectivity index (χ1v) is 8.99. The normalized spacial score (nSPS) is 18.7. The van der Waals surface area contributed by atoms with Crippen molar-refractivity contribution in [3.05, 3.63) is 52.8 Å². The number of nitrogens with one attached hydrogen (secondary N) is 1. The Morgan fingerprint density at radius 2 is 2.08 bits per heavy atom. The highest BCUT2D eigenvalue weighted by molar-refractivity contribution is 5.92. The average Bonchev–Trinajstić information content (AvgIpc) is 2.93. The zero-order chi connectivity index (χ0) is 17.1. The van der Waals surface area contributed by atoms with Gasteiger partial charge in [-0.25, -0.2) is 0 Å². The third-order valence-electron chi connectivity index (χ3n) is 4.88. The molecule has 1 aliphatic heterocycles. The van der Waals surface area contributed by atoms with E-state index in [0.717, 1.165) is 25.1 Å². The van der Waals surface area contributed by atoms with Gasteiger partial charge in [-0.1, -0.05) is 56.5 Å². The Morgan fingerprint density at radius 3 is 2.79 bits per heavy atom. The van der Waals surface area contributed by atoms with Crippen molar-refractivity contribution in [1.82, 2.24) is 15.1 Å². The second-order valence-electron chi connectivity index (χ2n) is 7.14. The van der Waals surface area contributed by atoms with E-state index in [2.05, 4.69) is 55.2 Å². The van der Waals surface area contributed by atoms with E-state index in [4.69, 9.17) is 0 Å². The van der Waals surface area contributed by atoms with Crippen LogP contribution in [-0.4, -0.2) is 27.5 Å². The van der Waals surface area contributed by atoms with Crippen molar-refractivity contribution in [3.63, 3.8) is 0 Å². The Labute approximate surface area is 144 Å². The van der Waals surface area contributed by atoms with E-state index in [1.165, 1.54) is 24.0 Å². The summed E-state index contributed by atoms with van der Waals surface area (Å²) < 4.78 is 0. The lowest BCUT2D eigenvalue weighted by molar-refractivity contribution is 0.0674. The molecule has 0 aliphatic carbocycles. The minimum absolute atomic E-state index is 0.0477. The number of aromatic nitrogens is 2. The number of aryl methyl sites for hydroxylation is 1. The minimum Gasteiger partial charge on any atom is -0.330 e. The minimum atomic E-state index is 0.0477.